The minimum atomic E-state index is -0.813. The van der Waals surface area contributed by atoms with Gasteiger partial charge in [-0.3, -0.25) is 9.78 Å². The number of pyridine rings is 1. The van der Waals surface area contributed by atoms with Crippen LogP contribution in [0.3, 0.4) is 0 Å². The highest BCUT2D eigenvalue weighted by Gasteiger charge is 2.10. The molecule has 14 heavy (non-hydrogen) atoms. The molecule has 0 aliphatic heterocycles. The van der Waals surface area contributed by atoms with Crippen molar-refractivity contribution in [1.29, 1.82) is 0 Å². The van der Waals surface area contributed by atoms with Gasteiger partial charge in [0.25, 0.3) is 0 Å². The first-order chi connectivity index (χ1) is 6.59. The summed E-state index contributed by atoms with van der Waals surface area (Å²) >= 11 is 0. The van der Waals surface area contributed by atoms with Gasteiger partial charge in [0.15, 0.2) is 0 Å². The molecule has 1 aromatic heterocycles. The van der Waals surface area contributed by atoms with E-state index in [0.29, 0.717) is 12.8 Å². The topological polar surface area (TPSA) is 50.2 Å². The normalized spacial score (nSPS) is 12.4. The Labute approximate surface area is 81.6 Å². The fraction of sp³-hybridized carbons (Fsp3) is 0.400. The van der Waals surface area contributed by atoms with E-state index in [-0.39, 0.29) is 11.7 Å². The SMILES string of the molecule is CC(CCc1ccc(F)cn1)C(=O)O. The number of aryl methyl sites for hydroxylation is 1. The summed E-state index contributed by atoms with van der Waals surface area (Å²) in [5, 5.41) is 8.62. The van der Waals surface area contributed by atoms with Crippen LogP contribution in [0.25, 0.3) is 0 Å². The third-order valence-corrected chi connectivity index (χ3v) is 2.04. The summed E-state index contributed by atoms with van der Waals surface area (Å²) in [5.41, 5.74) is 0.722. The number of hydrogen-bond donors (Lipinski definition) is 1. The van der Waals surface area contributed by atoms with Crippen LogP contribution in [0.4, 0.5) is 4.39 Å². The molecule has 76 valence electrons. The van der Waals surface area contributed by atoms with Crippen molar-refractivity contribution in [2.75, 3.05) is 0 Å². The van der Waals surface area contributed by atoms with Gasteiger partial charge in [-0.2, -0.15) is 0 Å². The van der Waals surface area contributed by atoms with Gasteiger partial charge in [-0.05, 0) is 25.0 Å². The van der Waals surface area contributed by atoms with E-state index < -0.39 is 5.97 Å². The van der Waals surface area contributed by atoms with Crippen LogP contribution in [0.15, 0.2) is 18.3 Å². The maximum Gasteiger partial charge on any atom is 0.306 e. The molecule has 0 aromatic carbocycles. The largest absolute Gasteiger partial charge is 0.481 e. The molecule has 0 aliphatic carbocycles. The molecule has 0 amide bonds. The number of halogens is 1. The fourth-order valence-electron chi connectivity index (χ4n) is 1.04. The first-order valence-corrected chi connectivity index (χ1v) is 4.43. The molecule has 1 rings (SSSR count). The second-order valence-corrected chi connectivity index (χ2v) is 3.25. The van der Waals surface area contributed by atoms with Crippen LogP contribution in [0.2, 0.25) is 0 Å². The predicted molar refractivity (Wildman–Crippen MR) is 49.3 cm³/mol. The molecule has 0 radical (unpaired) electrons. The molecule has 0 aliphatic rings. The quantitative estimate of drug-likeness (QED) is 0.801. The molecule has 0 bridgehead atoms. The van der Waals surface area contributed by atoms with Gasteiger partial charge in [0.2, 0.25) is 0 Å². The maximum atomic E-state index is 12.5. The standard InChI is InChI=1S/C10H12FNO2/c1-7(10(13)14)2-4-9-5-3-8(11)6-12-9/h3,5-7H,2,4H2,1H3,(H,13,14). The summed E-state index contributed by atoms with van der Waals surface area (Å²) in [6.45, 7) is 1.64. The summed E-state index contributed by atoms with van der Waals surface area (Å²) in [7, 11) is 0. The van der Waals surface area contributed by atoms with Gasteiger partial charge in [-0.1, -0.05) is 6.92 Å². The van der Waals surface area contributed by atoms with Crippen LogP contribution in [0.1, 0.15) is 19.0 Å². The number of rotatable bonds is 4. The van der Waals surface area contributed by atoms with E-state index in [1.54, 1.807) is 13.0 Å². The van der Waals surface area contributed by atoms with Gasteiger partial charge in [0.05, 0.1) is 12.1 Å². The molecule has 1 N–H and O–H groups in total. The Hall–Kier alpha value is -1.45. The molecule has 0 fully saturated rings. The zero-order valence-electron chi connectivity index (χ0n) is 7.90. The smallest absolute Gasteiger partial charge is 0.306 e. The Morgan fingerprint density at radius 2 is 2.36 bits per heavy atom. The van der Waals surface area contributed by atoms with Gasteiger partial charge >= 0.3 is 5.97 Å². The van der Waals surface area contributed by atoms with Crippen LogP contribution in [-0.4, -0.2) is 16.1 Å². The van der Waals surface area contributed by atoms with Crippen molar-refractivity contribution < 1.29 is 14.3 Å². The van der Waals surface area contributed by atoms with Gasteiger partial charge in [0.1, 0.15) is 5.82 Å². The Balaban J connectivity index is 2.46. The first kappa shape index (κ1) is 10.6. The van der Waals surface area contributed by atoms with Crippen molar-refractivity contribution in [1.82, 2.24) is 4.98 Å². The predicted octanol–water partition coefficient (Wildman–Crippen LogP) is 1.87. The Morgan fingerprint density at radius 3 is 2.86 bits per heavy atom. The maximum absolute atomic E-state index is 12.5. The average Bonchev–Trinajstić information content (AvgIpc) is 2.16. The molecule has 0 saturated heterocycles. The molecule has 3 nitrogen and oxygen atoms in total. The van der Waals surface area contributed by atoms with Gasteiger partial charge in [-0.25, -0.2) is 4.39 Å². The second kappa shape index (κ2) is 4.69. The average molecular weight is 197 g/mol. The summed E-state index contributed by atoms with van der Waals surface area (Å²) in [6, 6.07) is 2.90. The molecule has 1 atom stereocenters. The zero-order valence-corrected chi connectivity index (χ0v) is 7.90. The Bertz CT molecular complexity index is 310. The van der Waals surface area contributed by atoms with Crippen molar-refractivity contribution in [2.24, 2.45) is 5.92 Å². The number of carboxylic acids is 1. The van der Waals surface area contributed by atoms with Gasteiger partial charge in [-0.15, -0.1) is 0 Å². The lowest BCUT2D eigenvalue weighted by Gasteiger charge is -2.04. The lowest BCUT2D eigenvalue weighted by molar-refractivity contribution is -0.141. The zero-order chi connectivity index (χ0) is 10.6. The number of nitrogens with zero attached hydrogens (tertiary/aromatic N) is 1. The van der Waals surface area contributed by atoms with Crippen molar-refractivity contribution in [3.8, 4) is 0 Å². The summed E-state index contributed by atoms with van der Waals surface area (Å²) in [6.07, 6.45) is 2.22. The van der Waals surface area contributed by atoms with Crippen molar-refractivity contribution in [3.63, 3.8) is 0 Å². The third-order valence-electron chi connectivity index (χ3n) is 2.04. The first-order valence-electron chi connectivity index (χ1n) is 4.43. The van der Waals surface area contributed by atoms with E-state index in [9.17, 15) is 9.18 Å². The molecule has 0 spiro atoms. The van der Waals surface area contributed by atoms with E-state index in [0.717, 1.165) is 11.9 Å². The van der Waals surface area contributed by atoms with E-state index in [1.807, 2.05) is 0 Å². The highest BCUT2D eigenvalue weighted by molar-refractivity contribution is 5.69. The van der Waals surface area contributed by atoms with E-state index >= 15 is 0 Å². The van der Waals surface area contributed by atoms with Crippen LogP contribution < -0.4 is 0 Å². The number of carbonyl (C=O) groups is 1. The molecule has 1 aromatic rings. The summed E-state index contributed by atoms with van der Waals surface area (Å²) in [5.74, 6) is -1.58. The third kappa shape index (κ3) is 3.12. The van der Waals surface area contributed by atoms with E-state index in [1.165, 1.54) is 6.07 Å². The van der Waals surface area contributed by atoms with Crippen LogP contribution in [0.5, 0.6) is 0 Å². The van der Waals surface area contributed by atoms with Crippen molar-refractivity contribution in [2.45, 2.75) is 19.8 Å². The molecule has 1 unspecified atom stereocenters. The molecule has 4 heteroatoms. The van der Waals surface area contributed by atoms with E-state index in [4.69, 9.17) is 5.11 Å². The highest BCUT2D eigenvalue weighted by Crippen LogP contribution is 2.08. The molecular formula is C10H12FNO2. The number of aliphatic carboxylic acids is 1. The Kier molecular flexibility index (Phi) is 3.56. The second-order valence-electron chi connectivity index (χ2n) is 3.25. The number of hydrogen-bond acceptors (Lipinski definition) is 2. The van der Waals surface area contributed by atoms with E-state index in [2.05, 4.69) is 4.98 Å². The van der Waals surface area contributed by atoms with Crippen LogP contribution >= 0.6 is 0 Å². The number of carboxylic acid groups (broad SMARTS) is 1. The number of aromatic nitrogens is 1. The minimum absolute atomic E-state index is 0.375. The molecule has 1 heterocycles. The monoisotopic (exact) mass is 197 g/mol. The lowest BCUT2D eigenvalue weighted by atomic mass is 10.0. The highest BCUT2D eigenvalue weighted by atomic mass is 19.1. The van der Waals surface area contributed by atoms with Gasteiger partial charge < -0.3 is 5.11 Å². The van der Waals surface area contributed by atoms with Gasteiger partial charge in [0, 0.05) is 5.69 Å². The molecular weight excluding hydrogens is 185 g/mol. The molecule has 0 saturated carbocycles. The van der Waals surface area contributed by atoms with Crippen molar-refractivity contribution in [3.05, 3.63) is 29.8 Å². The van der Waals surface area contributed by atoms with Crippen LogP contribution in [0, 0.1) is 11.7 Å². The summed E-state index contributed by atoms with van der Waals surface area (Å²) in [4.78, 5) is 14.3. The fourth-order valence-corrected chi connectivity index (χ4v) is 1.04. The Morgan fingerprint density at radius 1 is 1.64 bits per heavy atom. The van der Waals surface area contributed by atoms with Crippen LogP contribution in [-0.2, 0) is 11.2 Å². The minimum Gasteiger partial charge on any atom is -0.481 e. The lowest BCUT2D eigenvalue weighted by Crippen LogP contribution is -2.10. The summed E-state index contributed by atoms with van der Waals surface area (Å²) < 4.78 is 12.5. The van der Waals surface area contributed by atoms with Crippen molar-refractivity contribution >= 4 is 5.97 Å².